The molecule has 1 aromatic carbocycles. The van der Waals surface area contributed by atoms with E-state index in [0.29, 0.717) is 10.1 Å². The van der Waals surface area contributed by atoms with E-state index in [0.717, 1.165) is 10.8 Å². The molecule has 1 heterocycles. The highest BCUT2D eigenvalue weighted by Crippen LogP contribution is 2.09. The molecule has 0 saturated carbocycles. The molecule has 2 aromatic rings. The molecule has 146 valence electrons. The van der Waals surface area contributed by atoms with Crippen LogP contribution in [-0.4, -0.2) is 36.2 Å². The van der Waals surface area contributed by atoms with Crippen molar-refractivity contribution in [2.24, 2.45) is 14.1 Å². The summed E-state index contributed by atoms with van der Waals surface area (Å²) in [6.07, 6.45) is 0.975. The van der Waals surface area contributed by atoms with Gasteiger partial charge in [0.15, 0.2) is 4.90 Å². The lowest BCUT2D eigenvalue weighted by atomic mass is 10.1. The highest BCUT2D eigenvalue weighted by atomic mass is 32.2. The van der Waals surface area contributed by atoms with Crippen molar-refractivity contribution in [3.05, 3.63) is 62.9 Å². The van der Waals surface area contributed by atoms with Gasteiger partial charge in [-0.1, -0.05) is 30.3 Å². The van der Waals surface area contributed by atoms with E-state index < -0.39 is 38.2 Å². The van der Waals surface area contributed by atoms with E-state index in [1.807, 2.05) is 0 Å². The van der Waals surface area contributed by atoms with E-state index in [1.54, 1.807) is 37.3 Å². The molecule has 0 aliphatic heterocycles. The second-order valence-corrected chi connectivity index (χ2v) is 7.55. The molecule has 9 nitrogen and oxygen atoms in total. The van der Waals surface area contributed by atoms with Gasteiger partial charge in [-0.05, 0) is 18.9 Å². The number of aryl methyl sites for hydroxylation is 1. The summed E-state index contributed by atoms with van der Waals surface area (Å²) in [5, 5.41) is 0. The Balaban J connectivity index is 2.42. The molecule has 0 bridgehead atoms. The lowest BCUT2D eigenvalue weighted by molar-refractivity contribution is -0.145. The first kappa shape index (κ1) is 20.6. The molecule has 1 atom stereocenters. The lowest BCUT2D eigenvalue weighted by Gasteiger charge is -2.18. The van der Waals surface area contributed by atoms with Crippen molar-refractivity contribution >= 4 is 16.0 Å². The summed E-state index contributed by atoms with van der Waals surface area (Å²) in [5.41, 5.74) is -0.926. The largest absolute Gasteiger partial charge is 0.465 e. The molecule has 0 saturated heterocycles. The van der Waals surface area contributed by atoms with E-state index in [1.165, 1.54) is 14.1 Å². The van der Waals surface area contributed by atoms with Gasteiger partial charge in [0.05, 0.1) is 6.61 Å². The van der Waals surface area contributed by atoms with Crippen LogP contribution in [0.15, 0.2) is 51.0 Å². The molecular formula is C17H21N3O6S. The van der Waals surface area contributed by atoms with Gasteiger partial charge in [-0.25, -0.2) is 13.2 Å². The topological polar surface area (TPSA) is 116 Å². The van der Waals surface area contributed by atoms with Gasteiger partial charge in [0.2, 0.25) is 10.0 Å². The third kappa shape index (κ3) is 4.72. The Bertz CT molecular complexity index is 1040. The van der Waals surface area contributed by atoms with Crippen LogP contribution in [0.25, 0.3) is 0 Å². The Morgan fingerprint density at radius 1 is 1.19 bits per heavy atom. The fourth-order valence-corrected chi connectivity index (χ4v) is 3.82. The molecule has 0 spiro atoms. The Labute approximate surface area is 156 Å². The number of esters is 1. The number of nitrogens with zero attached hydrogens (tertiary/aromatic N) is 2. The van der Waals surface area contributed by atoms with Crippen LogP contribution in [0.1, 0.15) is 12.5 Å². The van der Waals surface area contributed by atoms with Crippen molar-refractivity contribution in [3.8, 4) is 0 Å². The van der Waals surface area contributed by atoms with Crippen molar-refractivity contribution < 1.29 is 17.9 Å². The molecule has 1 N–H and O–H groups in total. The zero-order valence-corrected chi connectivity index (χ0v) is 16.0. The van der Waals surface area contributed by atoms with E-state index in [-0.39, 0.29) is 13.0 Å². The van der Waals surface area contributed by atoms with Gasteiger partial charge in [0, 0.05) is 20.3 Å². The number of rotatable bonds is 7. The minimum Gasteiger partial charge on any atom is -0.465 e. The summed E-state index contributed by atoms with van der Waals surface area (Å²) < 4.78 is 34.3. The highest BCUT2D eigenvalue weighted by molar-refractivity contribution is 7.89. The first-order chi connectivity index (χ1) is 12.7. The van der Waals surface area contributed by atoms with Crippen molar-refractivity contribution in [3.63, 3.8) is 0 Å². The van der Waals surface area contributed by atoms with Crippen LogP contribution in [0.4, 0.5) is 0 Å². The van der Waals surface area contributed by atoms with E-state index in [9.17, 15) is 22.8 Å². The number of hydrogen-bond acceptors (Lipinski definition) is 6. The van der Waals surface area contributed by atoms with Crippen molar-refractivity contribution in [1.29, 1.82) is 0 Å². The normalized spacial score (nSPS) is 12.6. The van der Waals surface area contributed by atoms with Crippen molar-refractivity contribution in [2.75, 3.05) is 6.61 Å². The van der Waals surface area contributed by atoms with Gasteiger partial charge in [0.1, 0.15) is 6.04 Å². The summed E-state index contributed by atoms with van der Waals surface area (Å²) in [5.74, 6) is -0.758. The maximum atomic E-state index is 12.7. The van der Waals surface area contributed by atoms with Gasteiger partial charge in [-0.2, -0.15) is 4.72 Å². The van der Waals surface area contributed by atoms with Crippen LogP contribution in [0.3, 0.4) is 0 Å². The SMILES string of the molecule is CCOC(=O)C(Cc1ccccc1)NS(=O)(=O)c1cn(C)c(=O)n(C)c1=O. The number of carbonyl (C=O) groups excluding carboxylic acids is 1. The molecule has 27 heavy (non-hydrogen) atoms. The second-order valence-electron chi connectivity index (χ2n) is 5.87. The number of carbonyl (C=O) groups is 1. The summed E-state index contributed by atoms with van der Waals surface area (Å²) in [4.78, 5) is 35.6. The average Bonchev–Trinajstić information content (AvgIpc) is 2.63. The number of hydrogen-bond donors (Lipinski definition) is 1. The van der Waals surface area contributed by atoms with E-state index >= 15 is 0 Å². The molecule has 2 rings (SSSR count). The van der Waals surface area contributed by atoms with Gasteiger partial charge >= 0.3 is 11.7 Å². The number of benzene rings is 1. The van der Waals surface area contributed by atoms with Crippen LogP contribution in [-0.2, 0) is 40.1 Å². The third-order valence-electron chi connectivity index (χ3n) is 3.86. The second kappa shape index (κ2) is 8.31. The number of sulfonamides is 1. The van der Waals surface area contributed by atoms with Crippen LogP contribution in [0.5, 0.6) is 0 Å². The smallest absolute Gasteiger partial charge is 0.330 e. The fraction of sp³-hybridized carbons (Fsp3) is 0.353. The Hall–Kier alpha value is -2.72. The molecule has 1 aromatic heterocycles. The van der Waals surface area contributed by atoms with Crippen molar-refractivity contribution in [2.45, 2.75) is 24.3 Å². The van der Waals surface area contributed by atoms with E-state index in [2.05, 4.69) is 4.72 Å². The van der Waals surface area contributed by atoms with Crippen LogP contribution in [0, 0.1) is 0 Å². The fourth-order valence-electron chi connectivity index (χ4n) is 2.48. The molecule has 10 heteroatoms. The standard InChI is InChI=1S/C17H21N3O6S/c1-4-26-16(22)13(10-12-8-6-5-7-9-12)18-27(24,25)14-11-19(2)17(23)20(3)15(14)21/h5-9,11,13,18H,4,10H2,1-3H3. The van der Waals surface area contributed by atoms with Gasteiger partial charge in [0.25, 0.3) is 5.56 Å². The van der Waals surface area contributed by atoms with Gasteiger partial charge in [-0.3, -0.25) is 14.2 Å². The molecule has 0 amide bonds. The van der Waals surface area contributed by atoms with Crippen molar-refractivity contribution in [1.82, 2.24) is 13.9 Å². The maximum absolute atomic E-state index is 12.7. The zero-order chi connectivity index (χ0) is 20.2. The van der Waals surface area contributed by atoms with Crippen LogP contribution in [0.2, 0.25) is 0 Å². The molecule has 1 unspecified atom stereocenters. The van der Waals surface area contributed by atoms with Crippen LogP contribution >= 0.6 is 0 Å². The minimum absolute atomic E-state index is 0.0466. The van der Waals surface area contributed by atoms with E-state index in [4.69, 9.17) is 4.74 Å². The third-order valence-corrected chi connectivity index (χ3v) is 5.31. The minimum atomic E-state index is -4.38. The maximum Gasteiger partial charge on any atom is 0.330 e. The Kier molecular flexibility index (Phi) is 6.34. The highest BCUT2D eigenvalue weighted by Gasteiger charge is 2.29. The number of aromatic nitrogens is 2. The number of ether oxygens (including phenoxy) is 1. The lowest BCUT2D eigenvalue weighted by Crippen LogP contribution is -2.47. The molecule has 0 aliphatic rings. The monoisotopic (exact) mass is 395 g/mol. The first-order valence-electron chi connectivity index (χ1n) is 8.17. The summed E-state index contributed by atoms with van der Waals surface area (Å²) >= 11 is 0. The zero-order valence-electron chi connectivity index (χ0n) is 15.2. The van der Waals surface area contributed by atoms with Crippen LogP contribution < -0.4 is 16.0 Å². The molecule has 0 radical (unpaired) electrons. The average molecular weight is 395 g/mol. The molecule has 0 fully saturated rings. The predicted molar refractivity (Wildman–Crippen MR) is 97.8 cm³/mol. The Morgan fingerprint density at radius 2 is 1.81 bits per heavy atom. The summed E-state index contributed by atoms with van der Waals surface area (Å²) in [6.45, 7) is 1.68. The summed E-state index contributed by atoms with van der Waals surface area (Å²) in [7, 11) is -1.88. The number of nitrogens with one attached hydrogen (secondary N) is 1. The molecule has 0 aliphatic carbocycles. The first-order valence-corrected chi connectivity index (χ1v) is 9.65. The molecular weight excluding hydrogens is 374 g/mol. The van der Waals surface area contributed by atoms with Gasteiger partial charge < -0.3 is 9.30 Å². The van der Waals surface area contributed by atoms with Gasteiger partial charge in [-0.15, -0.1) is 0 Å². The Morgan fingerprint density at radius 3 is 2.41 bits per heavy atom. The summed E-state index contributed by atoms with van der Waals surface area (Å²) in [6, 6.07) is 7.57. The quantitative estimate of drug-likeness (QED) is 0.634. The predicted octanol–water partition coefficient (Wildman–Crippen LogP) is -0.463.